The Morgan fingerprint density at radius 3 is 2.19 bits per heavy atom. The van der Waals surface area contributed by atoms with E-state index < -0.39 is 0 Å². The number of benzene rings is 2. The van der Waals surface area contributed by atoms with Crippen LogP contribution in [0.4, 0.5) is 5.69 Å². The average molecular weight is 346 g/mol. The van der Waals surface area contributed by atoms with E-state index in [-0.39, 0.29) is 11.3 Å². The van der Waals surface area contributed by atoms with Crippen LogP contribution in [0.2, 0.25) is 0 Å². The lowest BCUT2D eigenvalue weighted by Crippen LogP contribution is -2.15. The van der Waals surface area contributed by atoms with Crippen molar-refractivity contribution in [1.29, 1.82) is 0 Å². The molecule has 0 saturated heterocycles. The molecular formula is C18H20BrNO. The van der Waals surface area contributed by atoms with Gasteiger partial charge in [0.15, 0.2) is 0 Å². The van der Waals surface area contributed by atoms with Crippen molar-refractivity contribution in [3.05, 3.63) is 63.6 Å². The first-order valence-corrected chi connectivity index (χ1v) is 7.75. The van der Waals surface area contributed by atoms with E-state index in [1.807, 2.05) is 49.4 Å². The van der Waals surface area contributed by atoms with Crippen molar-refractivity contribution < 1.29 is 4.79 Å². The Labute approximate surface area is 134 Å². The van der Waals surface area contributed by atoms with Crippen LogP contribution >= 0.6 is 15.9 Å². The summed E-state index contributed by atoms with van der Waals surface area (Å²) in [6, 6.07) is 13.5. The molecule has 2 aromatic carbocycles. The number of carbonyl (C=O) groups excluding carboxylic acids is 1. The van der Waals surface area contributed by atoms with Crippen LogP contribution in [0.5, 0.6) is 0 Å². The molecule has 0 heterocycles. The largest absolute Gasteiger partial charge is 0.322 e. The molecule has 1 amide bonds. The molecule has 0 bridgehead atoms. The summed E-state index contributed by atoms with van der Waals surface area (Å²) in [7, 11) is 0. The van der Waals surface area contributed by atoms with Gasteiger partial charge in [-0.1, -0.05) is 60.5 Å². The average Bonchev–Trinajstić information content (AvgIpc) is 2.39. The normalized spacial score (nSPS) is 11.3. The Morgan fingerprint density at radius 2 is 1.67 bits per heavy atom. The number of hydrogen-bond acceptors (Lipinski definition) is 1. The molecule has 0 fully saturated rings. The lowest BCUT2D eigenvalue weighted by molar-refractivity contribution is 0.102. The van der Waals surface area contributed by atoms with Crippen molar-refractivity contribution in [1.82, 2.24) is 0 Å². The first kappa shape index (κ1) is 15.8. The molecule has 0 saturated carbocycles. The maximum atomic E-state index is 12.3. The van der Waals surface area contributed by atoms with Crippen LogP contribution in [0.3, 0.4) is 0 Å². The molecule has 0 unspecified atom stereocenters. The third-order valence-corrected chi connectivity index (χ3v) is 4.00. The molecule has 21 heavy (non-hydrogen) atoms. The number of aryl methyl sites for hydroxylation is 1. The maximum absolute atomic E-state index is 12.3. The number of halogens is 1. The van der Waals surface area contributed by atoms with Gasteiger partial charge in [0, 0.05) is 15.7 Å². The minimum atomic E-state index is -0.0972. The van der Waals surface area contributed by atoms with Gasteiger partial charge in [-0.3, -0.25) is 4.79 Å². The second kappa shape index (κ2) is 6.02. The summed E-state index contributed by atoms with van der Waals surface area (Å²) >= 11 is 3.57. The molecule has 0 aromatic heterocycles. The predicted molar refractivity (Wildman–Crippen MR) is 92.0 cm³/mol. The summed E-state index contributed by atoms with van der Waals surface area (Å²) < 4.78 is 0.964. The number of rotatable bonds is 2. The third-order valence-electron chi connectivity index (χ3n) is 3.35. The first-order valence-electron chi connectivity index (χ1n) is 6.95. The van der Waals surface area contributed by atoms with Crippen molar-refractivity contribution in [3.63, 3.8) is 0 Å². The zero-order chi connectivity index (χ0) is 15.6. The zero-order valence-electron chi connectivity index (χ0n) is 12.8. The Kier molecular flexibility index (Phi) is 4.52. The summed E-state index contributed by atoms with van der Waals surface area (Å²) in [6.45, 7) is 8.48. The van der Waals surface area contributed by atoms with Gasteiger partial charge in [-0.2, -0.15) is 0 Å². The molecular weight excluding hydrogens is 326 g/mol. The first-order chi connectivity index (χ1) is 9.77. The van der Waals surface area contributed by atoms with Crippen LogP contribution in [0.25, 0.3) is 0 Å². The SMILES string of the molecule is Cc1ccc(NC(=O)c2ccc(C(C)(C)C)c(Br)c2)cc1. The van der Waals surface area contributed by atoms with Crippen LogP contribution < -0.4 is 5.32 Å². The lowest BCUT2D eigenvalue weighted by atomic mass is 9.86. The summed E-state index contributed by atoms with van der Waals surface area (Å²) in [6.07, 6.45) is 0. The lowest BCUT2D eigenvalue weighted by Gasteiger charge is -2.21. The molecule has 0 radical (unpaired) electrons. The monoisotopic (exact) mass is 345 g/mol. The van der Waals surface area contributed by atoms with E-state index in [1.165, 1.54) is 11.1 Å². The van der Waals surface area contributed by atoms with Crippen LogP contribution in [0.1, 0.15) is 42.3 Å². The maximum Gasteiger partial charge on any atom is 0.255 e. The number of carbonyl (C=O) groups is 1. The molecule has 0 spiro atoms. The molecule has 2 nitrogen and oxygen atoms in total. The molecule has 0 aliphatic rings. The van der Waals surface area contributed by atoms with Crippen LogP contribution in [0.15, 0.2) is 46.9 Å². The molecule has 3 heteroatoms. The number of anilines is 1. The van der Waals surface area contributed by atoms with E-state index in [0.717, 1.165) is 10.2 Å². The van der Waals surface area contributed by atoms with Crippen molar-refractivity contribution in [2.75, 3.05) is 5.32 Å². The summed E-state index contributed by atoms with van der Waals surface area (Å²) in [5.41, 5.74) is 3.86. The van der Waals surface area contributed by atoms with E-state index in [2.05, 4.69) is 42.0 Å². The van der Waals surface area contributed by atoms with Crippen molar-refractivity contribution in [3.8, 4) is 0 Å². The van der Waals surface area contributed by atoms with Gasteiger partial charge in [0.1, 0.15) is 0 Å². The van der Waals surface area contributed by atoms with Crippen LogP contribution in [-0.2, 0) is 5.41 Å². The molecule has 2 aromatic rings. The highest BCUT2D eigenvalue weighted by atomic mass is 79.9. The molecule has 1 N–H and O–H groups in total. The fourth-order valence-electron chi connectivity index (χ4n) is 2.10. The van der Waals surface area contributed by atoms with Crippen molar-refractivity contribution in [2.45, 2.75) is 33.1 Å². The molecule has 0 aliphatic carbocycles. The third kappa shape index (κ3) is 3.94. The van der Waals surface area contributed by atoms with E-state index in [0.29, 0.717) is 5.56 Å². The number of hydrogen-bond donors (Lipinski definition) is 1. The predicted octanol–water partition coefficient (Wildman–Crippen LogP) is 5.31. The standard InChI is InChI=1S/C18H20BrNO/c1-12-5-8-14(9-6-12)20-17(21)13-7-10-15(16(19)11-13)18(2,3)4/h5-11H,1-4H3,(H,20,21). The summed E-state index contributed by atoms with van der Waals surface area (Å²) in [5.74, 6) is -0.0972. The molecule has 0 atom stereocenters. The van der Waals surface area contributed by atoms with Gasteiger partial charge in [-0.15, -0.1) is 0 Å². The van der Waals surface area contributed by atoms with Gasteiger partial charge >= 0.3 is 0 Å². The van der Waals surface area contributed by atoms with Gasteiger partial charge in [0.25, 0.3) is 5.91 Å². The van der Waals surface area contributed by atoms with Gasteiger partial charge < -0.3 is 5.32 Å². The molecule has 110 valence electrons. The Balaban J connectivity index is 2.20. The van der Waals surface area contributed by atoms with Crippen molar-refractivity contribution >= 4 is 27.5 Å². The topological polar surface area (TPSA) is 29.1 Å². The Hall–Kier alpha value is -1.61. The smallest absolute Gasteiger partial charge is 0.255 e. The second-order valence-electron chi connectivity index (χ2n) is 6.26. The number of nitrogens with one attached hydrogen (secondary N) is 1. The minimum absolute atomic E-state index is 0.0464. The van der Waals surface area contributed by atoms with E-state index in [9.17, 15) is 4.79 Å². The fraction of sp³-hybridized carbons (Fsp3) is 0.278. The second-order valence-corrected chi connectivity index (χ2v) is 7.12. The van der Waals surface area contributed by atoms with Crippen LogP contribution in [-0.4, -0.2) is 5.91 Å². The molecule has 2 rings (SSSR count). The van der Waals surface area contributed by atoms with Crippen LogP contribution in [0, 0.1) is 6.92 Å². The summed E-state index contributed by atoms with van der Waals surface area (Å²) in [4.78, 5) is 12.3. The summed E-state index contributed by atoms with van der Waals surface area (Å²) in [5, 5.41) is 2.91. The number of amides is 1. The van der Waals surface area contributed by atoms with E-state index in [1.54, 1.807) is 0 Å². The van der Waals surface area contributed by atoms with Gasteiger partial charge in [-0.05, 0) is 42.2 Å². The minimum Gasteiger partial charge on any atom is -0.322 e. The Morgan fingerprint density at radius 1 is 1.05 bits per heavy atom. The molecule has 0 aliphatic heterocycles. The van der Waals surface area contributed by atoms with E-state index >= 15 is 0 Å². The van der Waals surface area contributed by atoms with Crippen molar-refractivity contribution in [2.24, 2.45) is 0 Å². The van der Waals surface area contributed by atoms with Gasteiger partial charge in [0.2, 0.25) is 0 Å². The quantitative estimate of drug-likeness (QED) is 0.785. The highest BCUT2D eigenvalue weighted by Gasteiger charge is 2.18. The van der Waals surface area contributed by atoms with E-state index in [4.69, 9.17) is 0 Å². The van der Waals surface area contributed by atoms with Gasteiger partial charge in [-0.25, -0.2) is 0 Å². The fourth-order valence-corrected chi connectivity index (χ4v) is 3.08. The zero-order valence-corrected chi connectivity index (χ0v) is 14.4. The van der Waals surface area contributed by atoms with Gasteiger partial charge in [0.05, 0.1) is 0 Å². The highest BCUT2D eigenvalue weighted by molar-refractivity contribution is 9.10. The Bertz CT molecular complexity index is 654. The highest BCUT2D eigenvalue weighted by Crippen LogP contribution is 2.30.